The van der Waals surface area contributed by atoms with E-state index in [0.717, 1.165) is 16.7 Å². The Balaban J connectivity index is 1.29. The van der Waals surface area contributed by atoms with Gasteiger partial charge in [0.15, 0.2) is 5.78 Å². The second-order valence-corrected chi connectivity index (χ2v) is 10.2. The summed E-state index contributed by atoms with van der Waals surface area (Å²) in [6, 6.07) is 38.3. The van der Waals surface area contributed by atoms with Crippen LogP contribution in [0.25, 0.3) is 23.3 Å². The Hall–Kier alpha value is -6.21. The van der Waals surface area contributed by atoms with E-state index in [2.05, 4.69) is 22.8 Å². The fourth-order valence-corrected chi connectivity index (χ4v) is 4.64. The highest BCUT2D eigenvalue weighted by Crippen LogP contribution is 2.27. The monoisotopic (exact) mass is 608 g/mol. The van der Waals surface area contributed by atoms with Crippen LogP contribution in [0.3, 0.4) is 0 Å². The van der Waals surface area contributed by atoms with Crippen molar-refractivity contribution in [2.45, 2.75) is 0 Å². The molecule has 0 spiro atoms. The Morgan fingerprint density at radius 3 is 1.96 bits per heavy atom. The number of amides is 2. The van der Waals surface area contributed by atoms with Gasteiger partial charge in [-0.05, 0) is 77.4 Å². The van der Waals surface area contributed by atoms with Crippen LogP contribution in [0.4, 0.5) is 5.69 Å². The average Bonchev–Trinajstić information content (AvgIpc) is 3.11. The number of carbonyl (C=O) groups excluding carboxylic acids is 3. The number of methoxy groups -OCH3 is 2. The SMILES string of the molecule is COc1ccc(/C=C(\NC(=O)c2ccccc2)C(=O)Nc2ccc(C(=O)/C=C/c3ccc(-c4ccccc4)cc3)cc2)c(OC)c1. The summed E-state index contributed by atoms with van der Waals surface area (Å²) in [6.07, 6.45) is 4.82. The summed E-state index contributed by atoms with van der Waals surface area (Å²) in [6.45, 7) is 0. The van der Waals surface area contributed by atoms with E-state index in [1.165, 1.54) is 19.3 Å². The number of carbonyl (C=O) groups is 3. The molecular weight excluding hydrogens is 576 g/mol. The molecule has 5 aromatic carbocycles. The van der Waals surface area contributed by atoms with Gasteiger partial charge in [-0.3, -0.25) is 14.4 Å². The Labute approximate surface area is 267 Å². The summed E-state index contributed by atoms with van der Waals surface area (Å²) < 4.78 is 10.7. The smallest absolute Gasteiger partial charge is 0.272 e. The lowest BCUT2D eigenvalue weighted by atomic mass is 10.0. The van der Waals surface area contributed by atoms with E-state index in [-0.39, 0.29) is 11.5 Å². The number of ether oxygens (including phenoxy) is 2. The maximum Gasteiger partial charge on any atom is 0.272 e. The first-order chi connectivity index (χ1) is 22.4. The minimum atomic E-state index is -0.555. The van der Waals surface area contributed by atoms with Crippen LogP contribution in [-0.4, -0.2) is 31.8 Å². The second kappa shape index (κ2) is 15.0. The molecule has 0 aliphatic heterocycles. The predicted molar refractivity (Wildman–Crippen MR) is 182 cm³/mol. The van der Waals surface area contributed by atoms with Crippen LogP contribution in [0.1, 0.15) is 31.8 Å². The molecule has 7 nitrogen and oxygen atoms in total. The number of hydrogen-bond acceptors (Lipinski definition) is 5. The number of hydrogen-bond donors (Lipinski definition) is 2. The highest BCUT2D eigenvalue weighted by atomic mass is 16.5. The van der Waals surface area contributed by atoms with Crippen molar-refractivity contribution in [3.63, 3.8) is 0 Å². The Morgan fingerprint density at radius 1 is 0.652 bits per heavy atom. The molecule has 5 aromatic rings. The van der Waals surface area contributed by atoms with Gasteiger partial charge in [-0.15, -0.1) is 0 Å². The topological polar surface area (TPSA) is 93.7 Å². The van der Waals surface area contributed by atoms with E-state index >= 15 is 0 Å². The zero-order valence-corrected chi connectivity index (χ0v) is 25.4. The summed E-state index contributed by atoms with van der Waals surface area (Å²) in [4.78, 5) is 39.3. The number of anilines is 1. The standard InChI is InChI=1S/C39H32N2O5/c1-45-34-23-20-32(37(26-34)46-2)25-35(41-38(43)31-11-7-4-8-12-31)39(44)40-33-21-18-30(19-22-33)36(42)24-15-27-13-16-29(17-14-27)28-9-5-3-6-10-28/h3-26H,1-2H3,(H,40,44)(H,41,43)/b24-15+,35-25-. The fraction of sp³-hybridized carbons (Fsp3) is 0.0513. The number of allylic oxidation sites excluding steroid dienone is 1. The van der Waals surface area contributed by atoms with Gasteiger partial charge in [0.1, 0.15) is 17.2 Å². The van der Waals surface area contributed by atoms with Gasteiger partial charge in [0, 0.05) is 28.4 Å². The molecule has 0 saturated carbocycles. The summed E-state index contributed by atoms with van der Waals surface area (Å²) in [5.74, 6) is -0.134. The lowest BCUT2D eigenvalue weighted by molar-refractivity contribution is -0.113. The molecule has 0 unspecified atom stereocenters. The van der Waals surface area contributed by atoms with E-state index in [0.29, 0.717) is 33.9 Å². The fourth-order valence-electron chi connectivity index (χ4n) is 4.64. The molecule has 5 rings (SSSR count). The van der Waals surface area contributed by atoms with Crippen LogP contribution in [-0.2, 0) is 4.79 Å². The lowest BCUT2D eigenvalue weighted by Crippen LogP contribution is -2.30. The molecule has 0 aromatic heterocycles. The number of ketones is 1. The van der Waals surface area contributed by atoms with E-state index in [9.17, 15) is 14.4 Å². The lowest BCUT2D eigenvalue weighted by Gasteiger charge is -2.13. The molecule has 2 N–H and O–H groups in total. The van der Waals surface area contributed by atoms with E-state index in [1.54, 1.807) is 86.0 Å². The summed E-state index contributed by atoms with van der Waals surface area (Å²) in [5.41, 5.74) is 5.00. The summed E-state index contributed by atoms with van der Waals surface area (Å²) in [7, 11) is 3.05. The van der Waals surface area contributed by atoms with Crippen LogP contribution in [0.5, 0.6) is 11.5 Å². The maximum atomic E-state index is 13.5. The first-order valence-corrected chi connectivity index (χ1v) is 14.5. The minimum Gasteiger partial charge on any atom is -0.497 e. The van der Waals surface area contributed by atoms with Crippen molar-refractivity contribution in [1.29, 1.82) is 0 Å². The third-order valence-electron chi connectivity index (χ3n) is 7.14. The van der Waals surface area contributed by atoms with Crippen LogP contribution in [0.2, 0.25) is 0 Å². The molecule has 2 amide bonds. The first-order valence-electron chi connectivity index (χ1n) is 14.5. The van der Waals surface area contributed by atoms with Crippen LogP contribution < -0.4 is 20.1 Å². The maximum absolute atomic E-state index is 13.5. The first kappa shape index (κ1) is 31.2. The van der Waals surface area contributed by atoms with Crippen molar-refractivity contribution in [2.75, 3.05) is 19.5 Å². The average molecular weight is 609 g/mol. The van der Waals surface area contributed by atoms with E-state index in [1.807, 2.05) is 42.5 Å². The normalized spacial score (nSPS) is 11.1. The second-order valence-electron chi connectivity index (χ2n) is 10.2. The van der Waals surface area contributed by atoms with Gasteiger partial charge in [-0.25, -0.2) is 0 Å². The van der Waals surface area contributed by atoms with E-state index < -0.39 is 11.8 Å². The summed E-state index contributed by atoms with van der Waals surface area (Å²) >= 11 is 0. The highest BCUT2D eigenvalue weighted by molar-refractivity contribution is 6.11. The highest BCUT2D eigenvalue weighted by Gasteiger charge is 2.17. The molecule has 7 heteroatoms. The summed E-state index contributed by atoms with van der Waals surface area (Å²) in [5, 5.41) is 5.52. The van der Waals surface area contributed by atoms with Gasteiger partial charge >= 0.3 is 0 Å². The molecule has 0 radical (unpaired) electrons. The molecule has 0 heterocycles. The molecule has 0 atom stereocenters. The van der Waals surface area contributed by atoms with E-state index in [4.69, 9.17) is 9.47 Å². The third kappa shape index (κ3) is 8.03. The molecule has 0 aliphatic rings. The van der Waals surface area contributed by atoms with Crippen LogP contribution in [0.15, 0.2) is 139 Å². The molecular formula is C39H32N2O5. The van der Waals surface area contributed by atoms with Gasteiger partial charge in [0.05, 0.1) is 14.2 Å². The van der Waals surface area contributed by atoms with Crippen LogP contribution >= 0.6 is 0 Å². The van der Waals surface area contributed by atoms with Gasteiger partial charge in [-0.1, -0.05) is 78.9 Å². The molecule has 0 fully saturated rings. The zero-order valence-electron chi connectivity index (χ0n) is 25.4. The van der Waals surface area contributed by atoms with Crippen molar-refractivity contribution in [3.05, 3.63) is 161 Å². The number of benzene rings is 5. The molecule has 46 heavy (non-hydrogen) atoms. The van der Waals surface area contributed by atoms with Crippen molar-refractivity contribution >= 4 is 35.4 Å². The van der Waals surface area contributed by atoms with Gasteiger partial charge in [0.2, 0.25) is 0 Å². The van der Waals surface area contributed by atoms with Crippen molar-refractivity contribution in [3.8, 4) is 22.6 Å². The Morgan fingerprint density at radius 2 is 1.30 bits per heavy atom. The third-order valence-corrected chi connectivity index (χ3v) is 7.14. The van der Waals surface area contributed by atoms with Gasteiger partial charge in [0.25, 0.3) is 11.8 Å². The van der Waals surface area contributed by atoms with Crippen molar-refractivity contribution in [1.82, 2.24) is 5.32 Å². The Kier molecular flexibility index (Phi) is 10.2. The number of rotatable bonds is 11. The van der Waals surface area contributed by atoms with Crippen molar-refractivity contribution in [2.24, 2.45) is 0 Å². The predicted octanol–water partition coefficient (Wildman–Crippen LogP) is 7.68. The quantitative estimate of drug-likeness (QED) is 0.119. The van der Waals surface area contributed by atoms with Crippen molar-refractivity contribution < 1.29 is 23.9 Å². The molecule has 0 aliphatic carbocycles. The molecule has 0 bridgehead atoms. The Bertz CT molecular complexity index is 1880. The molecule has 0 saturated heterocycles. The van der Waals surface area contributed by atoms with Gasteiger partial charge in [-0.2, -0.15) is 0 Å². The molecule has 228 valence electrons. The zero-order chi connectivity index (χ0) is 32.3. The minimum absolute atomic E-state index is 0.00121. The largest absolute Gasteiger partial charge is 0.497 e. The number of nitrogens with one attached hydrogen (secondary N) is 2. The van der Waals surface area contributed by atoms with Gasteiger partial charge < -0.3 is 20.1 Å². The van der Waals surface area contributed by atoms with Crippen LogP contribution in [0, 0.1) is 0 Å².